The van der Waals surface area contributed by atoms with Crippen LogP contribution >= 0.6 is 0 Å². The lowest BCUT2D eigenvalue weighted by Gasteiger charge is -2.13. The Bertz CT molecular complexity index is 384. The van der Waals surface area contributed by atoms with Crippen LogP contribution in [0.2, 0.25) is 0 Å². The third-order valence-corrected chi connectivity index (χ3v) is 2.74. The van der Waals surface area contributed by atoms with Gasteiger partial charge in [-0.05, 0) is 37.1 Å². The number of ether oxygens (including phenoxy) is 1. The molecule has 0 fully saturated rings. The first-order valence-electron chi connectivity index (χ1n) is 6.24. The van der Waals surface area contributed by atoms with Crippen molar-refractivity contribution in [1.29, 1.82) is 0 Å². The van der Waals surface area contributed by atoms with Crippen molar-refractivity contribution >= 4 is 0 Å². The zero-order valence-corrected chi connectivity index (χ0v) is 10.9. The molecular weight excluding hydrogens is 226 g/mol. The van der Waals surface area contributed by atoms with Gasteiger partial charge in [0.15, 0.2) is 0 Å². The van der Waals surface area contributed by atoms with Gasteiger partial charge in [-0.25, -0.2) is 0 Å². The molecule has 98 valence electrons. The van der Waals surface area contributed by atoms with Crippen LogP contribution in [-0.4, -0.2) is 25.3 Å². The van der Waals surface area contributed by atoms with Crippen molar-refractivity contribution in [2.24, 2.45) is 0 Å². The summed E-state index contributed by atoms with van der Waals surface area (Å²) < 4.78 is 5.12. The van der Waals surface area contributed by atoms with Gasteiger partial charge < -0.3 is 15.2 Å². The Morgan fingerprint density at radius 3 is 3.00 bits per heavy atom. The minimum absolute atomic E-state index is 0.507. The molecule has 0 radical (unpaired) electrons. The second kappa shape index (κ2) is 8.57. The lowest BCUT2D eigenvalue weighted by atomic mass is 10.1. The Balaban J connectivity index is 2.27. The zero-order chi connectivity index (χ0) is 13.2. The highest BCUT2D eigenvalue weighted by Gasteiger charge is 2.07. The quantitative estimate of drug-likeness (QED) is 0.546. The van der Waals surface area contributed by atoms with Gasteiger partial charge in [0.25, 0.3) is 0 Å². The van der Waals surface area contributed by atoms with Crippen LogP contribution in [-0.2, 0) is 0 Å². The van der Waals surface area contributed by atoms with Gasteiger partial charge in [-0.2, -0.15) is 0 Å². The number of methoxy groups -OCH3 is 1. The molecule has 0 aliphatic carbocycles. The topological polar surface area (TPSA) is 41.5 Å². The number of aliphatic hydroxyl groups is 1. The summed E-state index contributed by atoms with van der Waals surface area (Å²) in [6.45, 7) is 1.42. The maximum Gasteiger partial charge on any atom is 0.119 e. The Morgan fingerprint density at radius 2 is 2.28 bits per heavy atom. The molecule has 1 atom stereocenters. The molecule has 2 N–H and O–H groups in total. The van der Waals surface area contributed by atoms with Gasteiger partial charge in [-0.1, -0.05) is 12.1 Å². The minimum Gasteiger partial charge on any atom is -0.497 e. The van der Waals surface area contributed by atoms with Crippen LogP contribution < -0.4 is 10.1 Å². The normalized spacial score (nSPS) is 11.8. The Kier molecular flexibility index (Phi) is 6.93. The maximum absolute atomic E-state index is 9.99. The lowest BCUT2D eigenvalue weighted by molar-refractivity contribution is 0.174. The molecule has 1 aromatic rings. The van der Waals surface area contributed by atoms with E-state index in [1.54, 1.807) is 7.11 Å². The average molecular weight is 247 g/mol. The summed E-state index contributed by atoms with van der Waals surface area (Å²) in [6.07, 6.45) is 7.55. The molecule has 3 nitrogen and oxygen atoms in total. The molecule has 0 aliphatic rings. The SMILES string of the molecule is C#CCCCCNCC(O)c1cccc(OC)c1. The number of terminal acetylenes is 1. The van der Waals surface area contributed by atoms with Crippen molar-refractivity contribution in [1.82, 2.24) is 5.32 Å². The van der Waals surface area contributed by atoms with Crippen LogP contribution in [0.4, 0.5) is 0 Å². The Morgan fingerprint density at radius 1 is 1.44 bits per heavy atom. The summed E-state index contributed by atoms with van der Waals surface area (Å²) in [4.78, 5) is 0. The third kappa shape index (κ3) is 5.22. The summed E-state index contributed by atoms with van der Waals surface area (Å²) in [5, 5.41) is 13.2. The monoisotopic (exact) mass is 247 g/mol. The van der Waals surface area contributed by atoms with Gasteiger partial charge in [0.05, 0.1) is 13.2 Å². The number of unbranched alkanes of at least 4 members (excludes halogenated alkanes) is 2. The van der Waals surface area contributed by atoms with Gasteiger partial charge in [-0.15, -0.1) is 12.3 Å². The number of aliphatic hydroxyl groups excluding tert-OH is 1. The Labute approximate surface area is 109 Å². The van der Waals surface area contributed by atoms with E-state index < -0.39 is 6.10 Å². The number of nitrogens with one attached hydrogen (secondary N) is 1. The highest BCUT2D eigenvalue weighted by Crippen LogP contribution is 2.18. The fourth-order valence-corrected chi connectivity index (χ4v) is 1.68. The van der Waals surface area contributed by atoms with E-state index >= 15 is 0 Å². The molecule has 0 saturated heterocycles. The molecule has 1 rings (SSSR count). The van der Waals surface area contributed by atoms with Crippen molar-refractivity contribution in [3.63, 3.8) is 0 Å². The van der Waals surface area contributed by atoms with Gasteiger partial charge in [0.1, 0.15) is 5.75 Å². The first-order valence-corrected chi connectivity index (χ1v) is 6.24. The smallest absolute Gasteiger partial charge is 0.119 e. The number of benzene rings is 1. The van der Waals surface area contributed by atoms with E-state index in [1.165, 1.54) is 0 Å². The molecule has 18 heavy (non-hydrogen) atoms. The van der Waals surface area contributed by atoms with Crippen LogP contribution in [0, 0.1) is 12.3 Å². The molecule has 0 aromatic heterocycles. The summed E-state index contributed by atoms with van der Waals surface area (Å²) in [6, 6.07) is 7.49. The zero-order valence-electron chi connectivity index (χ0n) is 10.9. The fourth-order valence-electron chi connectivity index (χ4n) is 1.68. The second-order valence-corrected chi connectivity index (χ2v) is 4.16. The second-order valence-electron chi connectivity index (χ2n) is 4.16. The van der Waals surface area contributed by atoms with E-state index in [1.807, 2.05) is 24.3 Å². The molecular formula is C15H21NO2. The molecule has 0 aliphatic heterocycles. The molecule has 1 aromatic carbocycles. The number of rotatable bonds is 8. The fraction of sp³-hybridized carbons (Fsp3) is 0.467. The molecule has 0 amide bonds. The molecule has 0 saturated carbocycles. The van der Waals surface area contributed by atoms with Crippen molar-refractivity contribution < 1.29 is 9.84 Å². The molecule has 1 unspecified atom stereocenters. The van der Waals surface area contributed by atoms with Crippen molar-refractivity contribution in [3.8, 4) is 18.1 Å². The van der Waals surface area contributed by atoms with Gasteiger partial charge >= 0.3 is 0 Å². The number of hydrogen-bond donors (Lipinski definition) is 2. The van der Waals surface area contributed by atoms with E-state index in [0.717, 1.165) is 37.1 Å². The first kappa shape index (κ1) is 14.6. The van der Waals surface area contributed by atoms with Crippen molar-refractivity contribution in [2.75, 3.05) is 20.2 Å². The lowest BCUT2D eigenvalue weighted by Crippen LogP contribution is -2.22. The highest BCUT2D eigenvalue weighted by molar-refractivity contribution is 5.29. The van der Waals surface area contributed by atoms with Crippen LogP contribution in [0.5, 0.6) is 5.75 Å². The van der Waals surface area contributed by atoms with Gasteiger partial charge in [0, 0.05) is 13.0 Å². The summed E-state index contributed by atoms with van der Waals surface area (Å²) in [5.41, 5.74) is 0.866. The van der Waals surface area contributed by atoms with Crippen LogP contribution in [0.25, 0.3) is 0 Å². The maximum atomic E-state index is 9.99. The van der Waals surface area contributed by atoms with E-state index in [-0.39, 0.29) is 0 Å². The largest absolute Gasteiger partial charge is 0.497 e. The van der Waals surface area contributed by atoms with E-state index in [9.17, 15) is 5.11 Å². The van der Waals surface area contributed by atoms with Crippen molar-refractivity contribution in [2.45, 2.75) is 25.4 Å². The van der Waals surface area contributed by atoms with Crippen LogP contribution in [0.15, 0.2) is 24.3 Å². The minimum atomic E-state index is -0.507. The molecule has 0 heterocycles. The van der Waals surface area contributed by atoms with Gasteiger partial charge in [0.2, 0.25) is 0 Å². The third-order valence-electron chi connectivity index (χ3n) is 2.74. The molecule has 0 bridgehead atoms. The summed E-state index contributed by atoms with van der Waals surface area (Å²) in [7, 11) is 1.62. The van der Waals surface area contributed by atoms with E-state index in [2.05, 4.69) is 11.2 Å². The van der Waals surface area contributed by atoms with E-state index in [4.69, 9.17) is 11.2 Å². The first-order chi connectivity index (χ1) is 8.77. The van der Waals surface area contributed by atoms with Crippen LogP contribution in [0.3, 0.4) is 0 Å². The highest BCUT2D eigenvalue weighted by atomic mass is 16.5. The average Bonchev–Trinajstić information content (AvgIpc) is 2.42. The summed E-state index contributed by atoms with van der Waals surface area (Å²) in [5.74, 6) is 3.38. The molecule has 0 spiro atoms. The predicted molar refractivity (Wildman–Crippen MR) is 73.5 cm³/mol. The predicted octanol–water partition coefficient (Wildman–Crippen LogP) is 2.12. The van der Waals surface area contributed by atoms with E-state index in [0.29, 0.717) is 6.54 Å². The summed E-state index contributed by atoms with van der Waals surface area (Å²) >= 11 is 0. The Hall–Kier alpha value is -1.50. The number of hydrogen-bond acceptors (Lipinski definition) is 3. The molecule has 3 heteroatoms. The van der Waals surface area contributed by atoms with Crippen molar-refractivity contribution in [3.05, 3.63) is 29.8 Å². The van der Waals surface area contributed by atoms with Gasteiger partial charge in [-0.3, -0.25) is 0 Å². The standard InChI is InChI=1S/C15H21NO2/c1-3-4-5-6-10-16-12-15(17)13-8-7-9-14(11-13)18-2/h1,7-9,11,15-17H,4-6,10,12H2,2H3. The van der Waals surface area contributed by atoms with Crippen LogP contribution in [0.1, 0.15) is 30.9 Å².